The molecule has 0 heterocycles. The number of carbonyl (C=O) groups is 2. The average molecular weight is 303 g/mol. The molecule has 0 saturated heterocycles. The number of amides is 1. The molecule has 5 nitrogen and oxygen atoms in total. The molecule has 2 fully saturated rings. The largest absolute Gasteiger partial charge is 0.493 e. The van der Waals surface area contributed by atoms with Crippen molar-refractivity contribution in [2.45, 2.75) is 31.7 Å². The van der Waals surface area contributed by atoms with Crippen molar-refractivity contribution in [1.29, 1.82) is 0 Å². The number of rotatable bonds is 8. The maximum Gasteiger partial charge on any atom is 0.258 e. The third kappa shape index (κ3) is 3.59. The fourth-order valence-electron chi connectivity index (χ4n) is 2.78. The highest BCUT2D eigenvalue weighted by Crippen LogP contribution is 2.44. The Morgan fingerprint density at radius 2 is 1.95 bits per heavy atom. The number of hydrogen-bond donors (Lipinski definition) is 1. The van der Waals surface area contributed by atoms with E-state index in [9.17, 15) is 9.59 Å². The molecule has 22 heavy (non-hydrogen) atoms. The third-order valence-electron chi connectivity index (χ3n) is 4.27. The minimum absolute atomic E-state index is 0.0350. The second kappa shape index (κ2) is 6.38. The lowest BCUT2D eigenvalue weighted by Crippen LogP contribution is -2.40. The molecule has 0 atom stereocenters. The van der Waals surface area contributed by atoms with Crippen LogP contribution in [-0.4, -0.2) is 32.0 Å². The van der Waals surface area contributed by atoms with Gasteiger partial charge in [0.1, 0.15) is 6.29 Å². The van der Waals surface area contributed by atoms with Crippen molar-refractivity contribution in [1.82, 2.24) is 5.32 Å². The molecule has 3 rings (SSSR count). The zero-order chi connectivity index (χ0) is 15.5. The summed E-state index contributed by atoms with van der Waals surface area (Å²) in [5.74, 6) is 2.16. The number of nitrogens with one attached hydrogen (secondary N) is 1. The first-order chi connectivity index (χ1) is 10.7. The molecule has 1 aromatic carbocycles. The van der Waals surface area contributed by atoms with Crippen LogP contribution in [0.2, 0.25) is 0 Å². The van der Waals surface area contributed by atoms with E-state index in [2.05, 4.69) is 5.32 Å². The predicted octanol–water partition coefficient (Wildman–Crippen LogP) is 2.19. The van der Waals surface area contributed by atoms with Crippen molar-refractivity contribution in [2.24, 2.45) is 11.8 Å². The van der Waals surface area contributed by atoms with Crippen molar-refractivity contribution < 1.29 is 19.1 Å². The molecular weight excluding hydrogens is 282 g/mol. The van der Waals surface area contributed by atoms with Crippen LogP contribution in [0.3, 0.4) is 0 Å². The second-order valence-corrected chi connectivity index (χ2v) is 6.08. The Morgan fingerprint density at radius 3 is 2.50 bits per heavy atom. The molecule has 5 heteroatoms. The fourth-order valence-corrected chi connectivity index (χ4v) is 2.78. The van der Waals surface area contributed by atoms with E-state index >= 15 is 0 Å². The molecule has 0 aromatic heterocycles. The standard InChI is InChI=1S/C17H21NO4/c1-21-15-8-11(9-19)2-7-14(15)22-10-16(20)18-17(12-3-4-12)13-5-6-13/h2,7-9,12-13,17H,3-6,10H2,1H3,(H,18,20). The average Bonchev–Trinajstić information content (AvgIpc) is 3.42. The lowest BCUT2D eigenvalue weighted by atomic mass is 10.1. The molecule has 0 unspecified atom stereocenters. The molecule has 0 aliphatic heterocycles. The quantitative estimate of drug-likeness (QED) is 0.748. The smallest absolute Gasteiger partial charge is 0.258 e. The van der Waals surface area contributed by atoms with E-state index < -0.39 is 0 Å². The van der Waals surface area contributed by atoms with E-state index in [0.717, 1.165) is 6.29 Å². The maximum absolute atomic E-state index is 12.1. The van der Waals surface area contributed by atoms with Gasteiger partial charge in [0.2, 0.25) is 0 Å². The lowest BCUT2D eigenvalue weighted by Gasteiger charge is -2.18. The fraction of sp³-hybridized carbons (Fsp3) is 0.529. The third-order valence-corrected chi connectivity index (χ3v) is 4.27. The van der Waals surface area contributed by atoms with Gasteiger partial charge in [-0.05, 0) is 55.7 Å². The van der Waals surface area contributed by atoms with E-state index in [0.29, 0.717) is 34.9 Å². The Labute approximate surface area is 130 Å². The van der Waals surface area contributed by atoms with Crippen LogP contribution in [0.4, 0.5) is 0 Å². The van der Waals surface area contributed by atoms with Gasteiger partial charge in [-0.3, -0.25) is 9.59 Å². The summed E-state index contributed by atoms with van der Waals surface area (Å²) in [4.78, 5) is 22.8. The van der Waals surface area contributed by atoms with Crippen LogP contribution in [0.25, 0.3) is 0 Å². The van der Waals surface area contributed by atoms with Crippen molar-refractivity contribution >= 4 is 12.2 Å². The van der Waals surface area contributed by atoms with Gasteiger partial charge in [-0.15, -0.1) is 0 Å². The van der Waals surface area contributed by atoms with Crippen LogP contribution in [0.1, 0.15) is 36.0 Å². The number of hydrogen-bond acceptors (Lipinski definition) is 4. The SMILES string of the molecule is COc1cc(C=O)ccc1OCC(=O)NC(C1CC1)C1CC1. The molecule has 2 aliphatic carbocycles. The Bertz CT molecular complexity index is 552. The minimum Gasteiger partial charge on any atom is -0.493 e. The Balaban J connectivity index is 1.55. The van der Waals surface area contributed by atoms with Gasteiger partial charge in [-0.1, -0.05) is 0 Å². The van der Waals surface area contributed by atoms with Gasteiger partial charge in [-0.2, -0.15) is 0 Å². The zero-order valence-corrected chi connectivity index (χ0v) is 12.7. The molecule has 2 aliphatic rings. The van der Waals surface area contributed by atoms with Gasteiger partial charge in [0.05, 0.1) is 7.11 Å². The first kappa shape index (κ1) is 14.9. The van der Waals surface area contributed by atoms with E-state index in [4.69, 9.17) is 9.47 Å². The number of carbonyl (C=O) groups excluding carboxylic acids is 2. The van der Waals surface area contributed by atoms with Crippen LogP contribution in [0.5, 0.6) is 11.5 Å². The van der Waals surface area contributed by atoms with Crippen molar-refractivity contribution in [3.8, 4) is 11.5 Å². The Morgan fingerprint density at radius 1 is 1.27 bits per heavy atom. The molecule has 1 aromatic rings. The summed E-state index contributed by atoms with van der Waals surface area (Å²) in [5.41, 5.74) is 0.510. The Kier molecular flexibility index (Phi) is 4.32. The highest BCUT2D eigenvalue weighted by atomic mass is 16.5. The maximum atomic E-state index is 12.1. The van der Waals surface area contributed by atoms with Gasteiger partial charge >= 0.3 is 0 Å². The molecule has 1 amide bonds. The van der Waals surface area contributed by atoms with Gasteiger partial charge in [0.25, 0.3) is 5.91 Å². The molecule has 0 radical (unpaired) electrons. The van der Waals surface area contributed by atoms with Crippen LogP contribution in [0.15, 0.2) is 18.2 Å². The number of aldehydes is 1. The van der Waals surface area contributed by atoms with Gasteiger partial charge < -0.3 is 14.8 Å². The predicted molar refractivity (Wildman–Crippen MR) is 81.3 cm³/mol. The summed E-state index contributed by atoms with van der Waals surface area (Å²) >= 11 is 0. The molecule has 0 spiro atoms. The van der Waals surface area contributed by atoms with E-state index in [-0.39, 0.29) is 12.5 Å². The van der Waals surface area contributed by atoms with E-state index in [1.165, 1.54) is 32.8 Å². The topological polar surface area (TPSA) is 64.6 Å². The highest BCUT2D eigenvalue weighted by Gasteiger charge is 2.42. The molecule has 2 saturated carbocycles. The van der Waals surface area contributed by atoms with Crippen LogP contribution >= 0.6 is 0 Å². The Hall–Kier alpha value is -2.04. The van der Waals surface area contributed by atoms with Crippen molar-refractivity contribution in [3.63, 3.8) is 0 Å². The first-order valence-corrected chi connectivity index (χ1v) is 7.76. The number of methoxy groups -OCH3 is 1. The molecule has 0 bridgehead atoms. The first-order valence-electron chi connectivity index (χ1n) is 7.76. The summed E-state index contributed by atoms with van der Waals surface area (Å²) in [6.45, 7) is -0.0350. The lowest BCUT2D eigenvalue weighted by molar-refractivity contribution is -0.124. The summed E-state index contributed by atoms with van der Waals surface area (Å²) in [6.07, 6.45) is 5.65. The monoisotopic (exact) mass is 303 g/mol. The summed E-state index contributed by atoms with van der Waals surface area (Å²) in [7, 11) is 1.51. The normalized spacial score (nSPS) is 17.2. The highest BCUT2D eigenvalue weighted by molar-refractivity contribution is 5.78. The van der Waals surface area contributed by atoms with E-state index in [1.807, 2.05) is 0 Å². The second-order valence-electron chi connectivity index (χ2n) is 6.08. The molecule has 1 N–H and O–H groups in total. The number of benzene rings is 1. The summed E-state index contributed by atoms with van der Waals surface area (Å²) in [6, 6.07) is 5.21. The zero-order valence-electron chi connectivity index (χ0n) is 12.7. The van der Waals surface area contributed by atoms with Gasteiger partial charge in [0.15, 0.2) is 18.1 Å². The molecular formula is C17H21NO4. The van der Waals surface area contributed by atoms with Gasteiger partial charge in [0, 0.05) is 11.6 Å². The van der Waals surface area contributed by atoms with Crippen molar-refractivity contribution in [2.75, 3.05) is 13.7 Å². The van der Waals surface area contributed by atoms with Crippen LogP contribution in [-0.2, 0) is 4.79 Å². The number of ether oxygens (including phenoxy) is 2. The molecule has 118 valence electrons. The summed E-state index contributed by atoms with van der Waals surface area (Å²) < 4.78 is 10.7. The minimum atomic E-state index is -0.0923. The van der Waals surface area contributed by atoms with Gasteiger partial charge in [-0.25, -0.2) is 0 Å². The van der Waals surface area contributed by atoms with Crippen LogP contribution < -0.4 is 14.8 Å². The van der Waals surface area contributed by atoms with Crippen LogP contribution in [0, 0.1) is 11.8 Å². The van der Waals surface area contributed by atoms with Crippen molar-refractivity contribution in [3.05, 3.63) is 23.8 Å². The van der Waals surface area contributed by atoms with E-state index in [1.54, 1.807) is 18.2 Å². The summed E-state index contributed by atoms with van der Waals surface area (Å²) in [5, 5.41) is 3.11.